The zero-order valence-corrected chi connectivity index (χ0v) is 9.17. The Balaban J connectivity index is 2.60. The number of hydrogen-bond acceptors (Lipinski definition) is 1. The van der Waals surface area contributed by atoms with Crippen LogP contribution in [0.4, 0.5) is 8.78 Å². The molecule has 2 aromatic rings. The highest BCUT2D eigenvalue weighted by atomic mass is 19.2. The maximum Gasteiger partial charge on any atom is 0.159 e. The molecule has 0 aliphatic rings. The molecule has 0 radical (unpaired) electrons. The minimum absolute atomic E-state index is 0.496. The van der Waals surface area contributed by atoms with Gasteiger partial charge in [0.05, 0.1) is 11.6 Å². The molecule has 0 spiro atoms. The summed E-state index contributed by atoms with van der Waals surface area (Å²) in [5.74, 6) is -1.76. The quantitative estimate of drug-likeness (QED) is 0.729. The SMILES string of the molecule is Cc1ccc(C#N)cc1-c1ccc(F)c(F)c1. The first-order chi connectivity index (χ1) is 8.11. The van der Waals surface area contributed by atoms with Gasteiger partial charge in [0.1, 0.15) is 0 Å². The Labute approximate surface area is 97.9 Å². The van der Waals surface area contributed by atoms with E-state index in [9.17, 15) is 8.78 Å². The van der Waals surface area contributed by atoms with Crippen LogP contribution < -0.4 is 0 Å². The fourth-order valence-electron chi connectivity index (χ4n) is 1.67. The smallest absolute Gasteiger partial charge is 0.159 e. The summed E-state index contributed by atoms with van der Waals surface area (Å²) < 4.78 is 26.0. The Morgan fingerprint density at radius 3 is 2.41 bits per heavy atom. The van der Waals surface area contributed by atoms with Gasteiger partial charge in [0.15, 0.2) is 11.6 Å². The Morgan fingerprint density at radius 1 is 1.00 bits per heavy atom. The first-order valence-corrected chi connectivity index (χ1v) is 5.08. The summed E-state index contributed by atoms with van der Waals surface area (Å²) in [5.41, 5.74) is 2.71. The fraction of sp³-hybridized carbons (Fsp3) is 0.0714. The molecule has 0 aliphatic carbocycles. The summed E-state index contributed by atoms with van der Waals surface area (Å²) in [4.78, 5) is 0. The van der Waals surface area contributed by atoms with Gasteiger partial charge in [0.25, 0.3) is 0 Å². The van der Waals surface area contributed by atoms with E-state index in [1.54, 1.807) is 18.2 Å². The third-order valence-corrected chi connectivity index (χ3v) is 2.60. The van der Waals surface area contributed by atoms with E-state index < -0.39 is 11.6 Å². The van der Waals surface area contributed by atoms with Crippen molar-refractivity contribution in [2.75, 3.05) is 0 Å². The first-order valence-electron chi connectivity index (χ1n) is 5.08. The highest BCUT2D eigenvalue weighted by Crippen LogP contribution is 2.25. The number of hydrogen-bond donors (Lipinski definition) is 0. The van der Waals surface area contributed by atoms with Gasteiger partial charge in [0.2, 0.25) is 0 Å². The van der Waals surface area contributed by atoms with Crippen molar-refractivity contribution in [1.29, 1.82) is 5.26 Å². The lowest BCUT2D eigenvalue weighted by atomic mass is 9.98. The van der Waals surface area contributed by atoms with Crippen molar-refractivity contribution < 1.29 is 8.78 Å². The molecule has 0 unspecified atom stereocenters. The lowest BCUT2D eigenvalue weighted by molar-refractivity contribution is 0.509. The molecule has 0 N–H and O–H groups in total. The zero-order chi connectivity index (χ0) is 12.4. The molecule has 0 saturated heterocycles. The largest absolute Gasteiger partial charge is 0.204 e. The van der Waals surface area contributed by atoms with E-state index >= 15 is 0 Å². The topological polar surface area (TPSA) is 23.8 Å². The predicted molar refractivity (Wildman–Crippen MR) is 61.2 cm³/mol. The van der Waals surface area contributed by atoms with E-state index in [4.69, 9.17) is 5.26 Å². The standard InChI is InChI=1S/C14H9F2N/c1-9-2-3-10(8-17)6-12(9)11-4-5-13(15)14(16)7-11/h2-7H,1H3. The third kappa shape index (κ3) is 2.16. The van der Waals surface area contributed by atoms with Gasteiger partial charge in [0, 0.05) is 0 Å². The first kappa shape index (κ1) is 11.3. The second-order valence-electron chi connectivity index (χ2n) is 3.77. The second kappa shape index (κ2) is 4.34. The molecule has 0 heterocycles. The summed E-state index contributed by atoms with van der Waals surface area (Å²) in [5, 5.41) is 8.81. The number of aryl methyl sites for hydroxylation is 1. The summed E-state index contributed by atoms with van der Waals surface area (Å²) >= 11 is 0. The van der Waals surface area contributed by atoms with Crippen LogP contribution in [0.1, 0.15) is 11.1 Å². The number of nitrogens with zero attached hydrogens (tertiary/aromatic N) is 1. The van der Waals surface area contributed by atoms with Crippen molar-refractivity contribution in [2.24, 2.45) is 0 Å². The lowest BCUT2D eigenvalue weighted by Crippen LogP contribution is -1.89. The van der Waals surface area contributed by atoms with Gasteiger partial charge in [-0.15, -0.1) is 0 Å². The van der Waals surface area contributed by atoms with Gasteiger partial charge in [-0.3, -0.25) is 0 Å². The Morgan fingerprint density at radius 2 is 1.76 bits per heavy atom. The van der Waals surface area contributed by atoms with Crippen molar-refractivity contribution in [1.82, 2.24) is 0 Å². The molecule has 0 saturated carbocycles. The zero-order valence-electron chi connectivity index (χ0n) is 9.17. The third-order valence-electron chi connectivity index (χ3n) is 2.60. The summed E-state index contributed by atoms with van der Waals surface area (Å²) in [7, 11) is 0. The molecule has 0 aliphatic heterocycles. The Hall–Kier alpha value is -2.21. The molecule has 0 bridgehead atoms. The maximum atomic E-state index is 13.1. The summed E-state index contributed by atoms with van der Waals surface area (Å²) in [6, 6.07) is 10.9. The van der Waals surface area contributed by atoms with E-state index in [-0.39, 0.29) is 0 Å². The molecule has 1 nitrogen and oxygen atoms in total. The summed E-state index contributed by atoms with van der Waals surface area (Å²) in [6.45, 7) is 1.86. The van der Waals surface area contributed by atoms with Crippen molar-refractivity contribution in [3.05, 3.63) is 59.2 Å². The van der Waals surface area contributed by atoms with Crippen molar-refractivity contribution in [3.63, 3.8) is 0 Å². The predicted octanol–water partition coefficient (Wildman–Crippen LogP) is 3.81. The molecule has 0 atom stereocenters. The molecule has 17 heavy (non-hydrogen) atoms. The van der Waals surface area contributed by atoms with Crippen molar-refractivity contribution in [2.45, 2.75) is 6.92 Å². The highest BCUT2D eigenvalue weighted by Gasteiger charge is 2.07. The molecule has 3 heteroatoms. The van der Waals surface area contributed by atoms with Crippen LogP contribution in [0.2, 0.25) is 0 Å². The average Bonchev–Trinajstić information content (AvgIpc) is 2.33. The van der Waals surface area contributed by atoms with Gasteiger partial charge in [-0.05, 0) is 47.9 Å². The molecule has 0 fully saturated rings. The van der Waals surface area contributed by atoms with E-state index in [1.807, 2.05) is 13.0 Å². The minimum atomic E-state index is -0.885. The molecule has 2 rings (SSSR count). The number of nitriles is 1. The molecule has 84 valence electrons. The van der Waals surface area contributed by atoms with Crippen LogP contribution in [-0.2, 0) is 0 Å². The average molecular weight is 229 g/mol. The van der Waals surface area contributed by atoms with Crippen LogP contribution in [0.5, 0.6) is 0 Å². The van der Waals surface area contributed by atoms with Gasteiger partial charge in [-0.1, -0.05) is 12.1 Å². The molecular weight excluding hydrogens is 220 g/mol. The number of rotatable bonds is 1. The Kier molecular flexibility index (Phi) is 2.88. The van der Waals surface area contributed by atoms with Crippen molar-refractivity contribution >= 4 is 0 Å². The maximum absolute atomic E-state index is 13.1. The fourth-order valence-corrected chi connectivity index (χ4v) is 1.67. The van der Waals surface area contributed by atoms with Crippen LogP contribution in [0.25, 0.3) is 11.1 Å². The molecule has 0 aromatic heterocycles. The monoisotopic (exact) mass is 229 g/mol. The van der Waals surface area contributed by atoms with Gasteiger partial charge < -0.3 is 0 Å². The van der Waals surface area contributed by atoms with Crippen LogP contribution in [0.3, 0.4) is 0 Å². The Bertz CT molecular complexity index is 612. The normalized spacial score (nSPS) is 10.0. The van der Waals surface area contributed by atoms with E-state index in [2.05, 4.69) is 0 Å². The highest BCUT2D eigenvalue weighted by molar-refractivity contribution is 5.68. The van der Waals surface area contributed by atoms with Crippen LogP contribution >= 0.6 is 0 Å². The molecule has 0 amide bonds. The molecular formula is C14H9F2N. The number of benzene rings is 2. The summed E-state index contributed by atoms with van der Waals surface area (Å²) in [6.07, 6.45) is 0. The number of halogens is 2. The van der Waals surface area contributed by atoms with E-state index in [0.717, 1.165) is 23.3 Å². The van der Waals surface area contributed by atoms with Crippen LogP contribution in [-0.4, -0.2) is 0 Å². The van der Waals surface area contributed by atoms with Crippen molar-refractivity contribution in [3.8, 4) is 17.2 Å². The van der Waals surface area contributed by atoms with Crippen LogP contribution in [0, 0.1) is 29.9 Å². The minimum Gasteiger partial charge on any atom is -0.204 e. The van der Waals surface area contributed by atoms with Crippen LogP contribution in [0.15, 0.2) is 36.4 Å². The molecule has 2 aromatic carbocycles. The van der Waals surface area contributed by atoms with E-state index in [0.29, 0.717) is 11.1 Å². The van der Waals surface area contributed by atoms with E-state index in [1.165, 1.54) is 6.07 Å². The van der Waals surface area contributed by atoms with Gasteiger partial charge in [-0.25, -0.2) is 8.78 Å². The van der Waals surface area contributed by atoms with Gasteiger partial charge >= 0.3 is 0 Å². The van der Waals surface area contributed by atoms with Gasteiger partial charge in [-0.2, -0.15) is 5.26 Å². The second-order valence-corrected chi connectivity index (χ2v) is 3.77. The lowest BCUT2D eigenvalue weighted by Gasteiger charge is -2.06.